The third-order valence-corrected chi connectivity index (χ3v) is 4.80. The van der Waals surface area contributed by atoms with Crippen LogP contribution in [0.1, 0.15) is 32.1 Å². The number of hydrogen-bond donors (Lipinski definition) is 2. The second-order valence-electron chi connectivity index (χ2n) is 5.63. The van der Waals surface area contributed by atoms with Gasteiger partial charge in [-0.3, -0.25) is 4.79 Å². The summed E-state index contributed by atoms with van der Waals surface area (Å²) in [6, 6.07) is 0.291. The van der Waals surface area contributed by atoms with Gasteiger partial charge in [0.25, 0.3) is 0 Å². The molecule has 0 radical (unpaired) electrons. The maximum Gasteiger partial charge on any atom is 0.309 e. The highest BCUT2D eigenvalue weighted by molar-refractivity contribution is 5.75. The minimum Gasteiger partial charge on any atom is -0.481 e. The molecule has 0 aliphatic heterocycles. The van der Waals surface area contributed by atoms with Crippen LogP contribution in [-0.2, 0) is 4.79 Å². The maximum atomic E-state index is 11.3. The number of nitrogens with two attached hydrogens (primary N) is 1. The molecule has 4 bridgehead atoms. The van der Waals surface area contributed by atoms with Gasteiger partial charge < -0.3 is 10.8 Å². The summed E-state index contributed by atoms with van der Waals surface area (Å²) in [5.41, 5.74) is 5.75. The normalized spacial score (nSPS) is 54.9. The Hall–Kier alpha value is -0.570. The molecule has 3 nitrogen and oxygen atoms in total. The lowest BCUT2D eigenvalue weighted by Gasteiger charge is -2.57. The van der Waals surface area contributed by atoms with Crippen LogP contribution in [-0.4, -0.2) is 17.1 Å². The van der Waals surface area contributed by atoms with Crippen LogP contribution >= 0.6 is 0 Å². The van der Waals surface area contributed by atoms with Crippen molar-refractivity contribution in [3.63, 3.8) is 0 Å². The average molecular weight is 195 g/mol. The van der Waals surface area contributed by atoms with Crippen molar-refractivity contribution in [1.82, 2.24) is 0 Å². The number of carboxylic acids is 1. The molecule has 0 heterocycles. The summed E-state index contributed by atoms with van der Waals surface area (Å²) >= 11 is 0. The molecule has 0 aromatic carbocycles. The van der Waals surface area contributed by atoms with Crippen molar-refractivity contribution >= 4 is 5.97 Å². The van der Waals surface area contributed by atoms with Crippen LogP contribution in [0.4, 0.5) is 0 Å². The highest BCUT2D eigenvalue weighted by Crippen LogP contribution is 2.59. The summed E-state index contributed by atoms with van der Waals surface area (Å²) in [7, 11) is 0. The fraction of sp³-hybridized carbons (Fsp3) is 0.909. The molecule has 14 heavy (non-hydrogen) atoms. The van der Waals surface area contributed by atoms with Crippen molar-refractivity contribution in [2.24, 2.45) is 28.9 Å². The lowest BCUT2D eigenvalue weighted by molar-refractivity contribution is -0.166. The van der Waals surface area contributed by atoms with Crippen molar-refractivity contribution in [1.29, 1.82) is 0 Å². The van der Waals surface area contributed by atoms with Gasteiger partial charge in [0.15, 0.2) is 0 Å². The predicted molar refractivity (Wildman–Crippen MR) is 51.6 cm³/mol. The molecule has 0 amide bonds. The zero-order valence-electron chi connectivity index (χ0n) is 8.28. The lowest BCUT2D eigenvalue weighted by Crippen LogP contribution is -2.58. The summed E-state index contributed by atoms with van der Waals surface area (Å²) in [6.07, 6.45) is 4.98. The summed E-state index contributed by atoms with van der Waals surface area (Å²) in [4.78, 5) is 11.3. The monoisotopic (exact) mass is 195 g/mol. The molecule has 3 heteroatoms. The molecular weight excluding hydrogens is 178 g/mol. The van der Waals surface area contributed by atoms with E-state index in [-0.39, 0.29) is 5.41 Å². The van der Waals surface area contributed by atoms with Gasteiger partial charge in [-0.05, 0) is 49.9 Å². The van der Waals surface area contributed by atoms with Crippen LogP contribution < -0.4 is 5.73 Å². The minimum atomic E-state index is -0.566. The standard InChI is InChI=1S/C11H17NO2/c12-9-7-1-6-2-8(9)5-11(3-6,4-7)10(13)14/h6-9H,1-5,12H2,(H,13,14)/t6?,7-,8?,9?,11?/m0/s1. The Morgan fingerprint density at radius 1 is 1.21 bits per heavy atom. The van der Waals surface area contributed by atoms with Gasteiger partial charge in [0.05, 0.1) is 5.41 Å². The molecule has 3 N–H and O–H groups in total. The lowest BCUT2D eigenvalue weighted by atomic mass is 9.48. The first-order valence-electron chi connectivity index (χ1n) is 5.60. The molecule has 78 valence electrons. The first-order valence-corrected chi connectivity index (χ1v) is 5.60. The SMILES string of the molecule is NC1C2CC3C[C@H]1CC(C(=O)O)(C3)C2. The van der Waals surface area contributed by atoms with Crippen LogP contribution in [0.5, 0.6) is 0 Å². The summed E-state index contributed by atoms with van der Waals surface area (Å²) in [5.74, 6) is 1.09. The second kappa shape index (κ2) is 2.51. The smallest absolute Gasteiger partial charge is 0.309 e. The zero-order valence-corrected chi connectivity index (χ0v) is 8.28. The van der Waals surface area contributed by atoms with Crippen molar-refractivity contribution in [3.8, 4) is 0 Å². The first kappa shape index (κ1) is 8.72. The summed E-state index contributed by atoms with van der Waals surface area (Å²) in [5, 5.41) is 9.32. The summed E-state index contributed by atoms with van der Waals surface area (Å²) in [6.45, 7) is 0. The highest BCUT2D eigenvalue weighted by Gasteiger charge is 2.57. The Bertz CT molecular complexity index is 273. The Morgan fingerprint density at radius 2 is 1.79 bits per heavy atom. The quantitative estimate of drug-likeness (QED) is 0.661. The van der Waals surface area contributed by atoms with Gasteiger partial charge in [0.1, 0.15) is 0 Å². The van der Waals surface area contributed by atoms with Gasteiger partial charge >= 0.3 is 5.97 Å². The Labute approximate surface area is 83.7 Å². The van der Waals surface area contributed by atoms with E-state index >= 15 is 0 Å². The van der Waals surface area contributed by atoms with E-state index in [1.165, 1.54) is 12.8 Å². The van der Waals surface area contributed by atoms with Gasteiger partial charge in [0.2, 0.25) is 0 Å². The number of rotatable bonds is 1. The maximum absolute atomic E-state index is 11.3. The number of hydrogen-bond acceptors (Lipinski definition) is 2. The van der Waals surface area contributed by atoms with Crippen molar-refractivity contribution in [2.45, 2.75) is 38.1 Å². The molecule has 4 fully saturated rings. The molecule has 4 aliphatic carbocycles. The molecule has 4 saturated carbocycles. The van der Waals surface area contributed by atoms with Crippen LogP contribution in [0, 0.1) is 23.2 Å². The molecule has 4 rings (SSSR count). The van der Waals surface area contributed by atoms with E-state index in [0.29, 0.717) is 23.8 Å². The largest absolute Gasteiger partial charge is 0.481 e. The van der Waals surface area contributed by atoms with E-state index in [1.54, 1.807) is 0 Å². The van der Waals surface area contributed by atoms with E-state index in [4.69, 9.17) is 5.73 Å². The molecule has 0 spiro atoms. The van der Waals surface area contributed by atoms with Crippen LogP contribution in [0.2, 0.25) is 0 Å². The average Bonchev–Trinajstić information content (AvgIpc) is 2.12. The molecule has 4 unspecified atom stereocenters. The number of carbonyl (C=O) groups is 1. The Balaban J connectivity index is 1.96. The zero-order chi connectivity index (χ0) is 9.92. The van der Waals surface area contributed by atoms with Gasteiger partial charge in [-0.15, -0.1) is 0 Å². The van der Waals surface area contributed by atoms with E-state index < -0.39 is 5.97 Å². The van der Waals surface area contributed by atoms with Crippen molar-refractivity contribution in [3.05, 3.63) is 0 Å². The predicted octanol–water partition coefficient (Wildman–Crippen LogP) is 1.22. The van der Waals surface area contributed by atoms with Crippen molar-refractivity contribution < 1.29 is 9.90 Å². The molecule has 4 aliphatic rings. The van der Waals surface area contributed by atoms with Gasteiger partial charge in [-0.1, -0.05) is 0 Å². The second-order valence-corrected chi connectivity index (χ2v) is 5.63. The highest BCUT2D eigenvalue weighted by atomic mass is 16.4. The van der Waals surface area contributed by atoms with E-state index in [2.05, 4.69) is 0 Å². The fourth-order valence-corrected chi connectivity index (χ4v) is 4.33. The van der Waals surface area contributed by atoms with Gasteiger partial charge in [-0.25, -0.2) is 0 Å². The Morgan fingerprint density at radius 3 is 2.29 bits per heavy atom. The fourth-order valence-electron chi connectivity index (χ4n) is 4.33. The van der Waals surface area contributed by atoms with Crippen LogP contribution in [0.15, 0.2) is 0 Å². The summed E-state index contributed by atoms with van der Waals surface area (Å²) < 4.78 is 0. The van der Waals surface area contributed by atoms with Crippen LogP contribution in [0.3, 0.4) is 0 Å². The van der Waals surface area contributed by atoms with Crippen LogP contribution in [0.25, 0.3) is 0 Å². The number of aliphatic carboxylic acids is 1. The number of carboxylic acid groups (broad SMARTS) is 1. The van der Waals surface area contributed by atoms with Crippen molar-refractivity contribution in [2.75, 3.05) is 0 Å². The molecule has 0 aromatic rings. The molecular formula is C11H17NO2. The Kier molecular flexibility index (Phi) is 1.56. The van der Waals surface area contributed by atoms with Gasteiger partial charge in [0, 0.05) is 6.04 Å². The third kappa shape index (κ3) is 0.937. The molecule has 0 aromatic heterocycles. The molecule has 0 saturated heterocycles. The van der Waals surface area contributed by atoms with E-state index in [1.807, 2.05) is 0 Å². The van der Waals surface area contributed by atoms with E-state index in [9.17, 15) is 9.90 Å². The van der Waals surface area contributed by atoms with E-state index in [0.717, 1.165) is 19.3 Å². The first-order chi connectivity index (χ1) is 6.61. The topological polar surface area (TPSA) is 63.3 Å². The van der Waals surface area contributed by atoms with Gasteiger partial charge in [-0.2, -0.15) is 0 Å². The molecule has 5 atom stereocenters. The minimum absolute atomic E-state index is 0.291. The third-order valence-electron chi connectivity index (χ3n) is 4.80.